The van der Waals surface area contributed by atoms with E-state index in [1.807, 2.05) is 0 Å². The molecule has 2 saturated carbocycles. The molecule has 0 spiro atoms. The van der Waals surface area contributed by atoms with Crippen molar-refractivity contribution in [1.29, 1.82) is 0 Å². The third kappa shape index (κ3) is 3.21. The van der Waals surface area contributed by atoms with Gasteiger partial charge in [-0.15, -0.1) is 0 Å². The van der Waals surface area contributed by atoms with Gasteiger partial charge < -0.3 is 10.4 Å². The van der Waals surface area contributed by atoms with Crippen molar-refractivity contribution in [1.82, 2.24) is 5.32 Å². The average Bonchev–Trinajstić information content (AvgIpc) is 2.33. The molecule has 0 aromatic heterocycles. The van der Waals surface area contributed by atoms with E-state index in [1.165, 1.54) is 51.4 Å². The fourth-order valence-corrected chi connectivity index (χ4v) is 3.35. The van der Waals surface area contributed by atoms with Crippen molar-refractivity contribution < 1.29 is 5.11 Å². The molecule has 0 aromatic rings. The highest BCUT2D eigenvalue weighted by Crippen LogP contribution is 2.28. The second-order valence-corrected chi connectivity index (χ2v) is 5.75. The Hall–Kier alpha value is -0.0800. The molecule has 2 rings (SSSR count). The Morgan fingerprint density at radius 2 is 1.69 bits per heavy atom. The van der Waals surface area contributed by atoms with Gasteiger partial charge in [0, 0.05) is 12.1 Å². The number of aliphatic hydroxyl groups is 1. The van der Waals surface area contributed by atoms with Crippen LogP contribution in [0.2, 0.25) is 0 Å². The van der Waals surface area contributed by atoms with Crippen LogP contribution in [-0.2, 0) is 0 Å². The van der Waals surface area contributed by atoms with Gasteiger partial charge in [0.25, 0.3) is 0 Å². The SMILES string of the molecule is CCC1CCC(NC2CCCCC2O)CC1. The molecule has 0 saturated heterocycles. The molecule has 0 aliphatic heterocycles. The van der Waals surface area contributed by atoms with Crippen molar-refractivity contribution in [2.45, 2.75) is 82.9 Å². The van der Waals surface area contributed by atoms with Crippen LogP contribution in [0.25, 0.3) is 0 Å². The summed E-state index contributed by atoms with van der Waals surface area (Å²) in [4.78, 5) is 0. The molecule has 16 heavy (non-hydrogen) atoms. The molecule has 2 heteroatoms. The summed E-state index contributed by atoms with van der Waals surface area (Å²) in [7, 11) is 0. The first-order chi connectivity index (χ1) is 7.79. The number of aliphatic hydroxyl groups excluding tert-OH is 1. The lowest BCUT2D eigenvalue weighted by molar-refractivity contribution is 0.0796. The van der Waals surface area contributed by atoms with Gasteiger partial charge in [-0.05, 0) is 44.4 Å². The molecule has 2 aliphatic rings. The third-order valence-electron chi connectivity index (χ3n) is 4.60. The summed E-state index contributed by atoms with van der Waals surface area (Å²) in [5, 5.41) is 13.6. The minimum absolute atomic E-state index is 0.0855. The molecular weight excluding hydrogens is 198 g/mol. The highest BCUT2D eigenvalue weighted by atomic mass is 16.3. The van der Waals surface area contributed by atoms with Crippen LogP contribution in [0.1, 0.15) is 64.7 Å². The smallest absolute Gasteiger partial charge is 0.0693 e. The summed E-state index contributed by atoms with van der Waals surface area (Å²) in [6.07, 6.45) is 11.4. The average molecular weight is 225 g/mol. The minimum Gasteiger partial charge on any atom is -0.392 e. The second kappa shape index (κ2) is 6.02. The molecule has 0 heterocycles. The molecule has 0 amide bonds. The fourth-order valence-electron chi connectivity index (χ4n) is 3.35. The lowest BCUT2D eigenvalue weighted by Crippen LogP contribution is -2.48. The maximum atomic E-state index is 9.94. The molecule has 2 unspecified atom stereocenters. The van der Waals surface area contributed by atoms with Crippen LogP contribution >= 0.6 is 0 Å². The predicted molar refractivity (Wildman–Crippen MR) is 67.4 cm³/mol. The first kappa shape index (κ1) is 12.4. The van der Waals surface area contributed by atoms with E-state index in [0.29, 0.717) is 12.1 Å². The van der Waals surface area contributed by atoms with Crippen molar-refractivity contribution in [3.05, 3.63) is 0 Å². The van der Waals surface area contributed by atoms with E-state index in [-0.39, 0.29) is 6.10 Å². The molecule has 2 N–H and O–H groups in total. The van der Waals surface area contributed by atoms with Crippen LogP contribution in [0.4, 0.5) is 0 Å². The minimum atomic E-state index is -0.0855. The molecule has 0 aromatic carbocycles. The molecular formula is C14H27NO. The number of nitrogens with one attached hydrogen (secondary N) is 1. The van der Waals surface area contributed by atoms with Crippen LogP contribution in [0.15, 0.2) is 0 Å². The molecule has 94 valence electrons. The zero-order chi connectivity index (χ0) is 11.4. The number of rotatable bonds is 3. The Bertz CT molecular complexity index is 199. The highest BCUT2D eigenvalue weighted by Gasteiger charge is 2.27. The Morgan fingerprint density at radius 3 is 2.31 bits per heavy atom. The van der Waals surface area contributed by atoms with Crippen molar-refractivity contribution in [3.63, 3.8) is 0 Å². The monoisotopic (exact) mass is 225 g/mol. The topological polar surface area (TPSA) is 32.3 Å². The van der Waals surface area contributed by atoms with Gasteiger partial charge in [0.1, 0.15) is 0 Å². The molecule has 2 aliphatic carbocycles. The van der Waals surface area contributed by atoms with Gasteiger partial charge in [0.2, 0.25) is 0 Å². The van der Waals surface area contributed by atoms with E-state index in [4.69, 9.17) is 0 Å². The van der Waals surface area contributed by atoms with Gasteiger partial charge in [-0.3, -0.25) is 0 Å². The van der Waals surface area contributed by atoms with Crippen LogP contribution in [-0.4, -0.2) is 23.3 Å². The highest BCUT2D eigenvalue weighted by molar-refractivity contribution is 4.85. The maximum absolute atomic E-state index is 9.94. The molecule has 2 fully saturated rings. The first-order valence-electron chi connectivity index (χ1n) is 7.23. The van der Waals surface area contributed by atoms with Gasteiger partial charge in [-0.1, -0.05) is 26.2 Å². The van der Waals surface area contributed by atoms with Gasteiger partial charge in [-0.2, -0.15) is 0 Å². The van der Waals surface area contributed by atoms with E-state index >= 15 is 0 Å². The lowest BCUT2D eigenvalue weighted by atomic mass is 9.83. The standard InChI is InChI=1S/C14H27NO/c1-2-11-7-9-12(10-8-11)15-13-5-3-4-6-14(13)16/h11-16H,2-10H2,1H3. The Morgan fingerprint density at radius 1 is 1.00 bits per heavy atom. The summed E-state index contributed by atoms with van der Waals surface area (Å²) in [5.74, 6) is 0.967. The van der Waals surface area contributed by atoms with Gasteiger partial charge in [0.15, 0.2) is 0 Å². The summed E-state index contributed by atoms with van der Waals surface area (Å²) < 4.78 is 0. The largest absolute Gasteiger partial charge is 0.392 e. The number of hydrogen-bond acceptors (Lipinski definition) is 2. The van der Waals surface area contributed by atoms with Crippen LogP contribution in [0.5, 0.6) is 0 Å². The Labute approximate surface area is 99.8 Å². The molecule has 2 nitrogen and oxygen atoms in total. The van der Waals surface area contributed by atoms with Gasteiger partial charge in [-0.25, -0.2) is 0 Å². The van der Waals surface area contributed by atoms with Crippen LogP contribution in [0.3, 0.4) is 0 Å². The summed E-state index contributed by atoms with van der Waals surface area (Å²) in [6, 6.07) is 1.07. The zero-order valence-corrected chi connectivity index (χ0v) is 10.6. The molecule has 0 radical (unpaired) electrons. The van der Waals surface area contributed by atoms with Crippen LogP contribution in [0, 0.1) is 5.92 Å². The summed E-state index contributed by atoms with van der Waals surface area (Å²) in [6.45, 7) is 2.31. The summed E-state index contributed by atoms with van der Waals surface area (Å²) in [5.41, 5.74) is 0. The third-order valence-corrected chi connectivity index (χ3v) is 4.60. The fraction of sp³-hybridized carbons (Fsp3) is 1.00. The van der Waals surface area contributed by atoms with Crippen molar-refractivity contribution >= 4 is 0 Å². The Balaban J connectivity index is 1.73. The van der Waals surface area contributed by atoms with E-state index in [0.717, 1.165) is 12.3 Å². The van der Waals surface area contributed by atoms with Crippen molar-refractivity contribution in [3.8, 4) is 0 Å². The lowest BCUT2D eigenvalue weighted by Gasteiger charge is -2.35. The number of hydrogen-bond donors (Lipinski definition) is 2. The second-order valence-electron chi connectivity index (χ2n) is 5.75. The van der Waals surface area contributed by atoms with E-state index in [9.17, 15) is 5.11 Å². The maximum Gasteiger partial charge on any atom is 0.0693 e. The van der Waals surface area contributed by atoms with Crippen molar-refractivity contribution in [2.75, 3.05) is 0 Å². The van der Waals surface area contributed by atoms with Crippen LogP contribution < -0.4 is 5.32 Å². The first-order valence-corrected chi connectivity index (χ1v) is 7.23. The zero-order valence-electron chi connectivity index (χ0n) is 10.6. The molecule has 2 atom stereocenters. The van der Waals surface area contributed by atoms with Gasteiger partial charge >= 0.3 is 0 Å². The normalized spacial score (nSPS) is 40.9. The van der Waals surface area contributed by atoms with E-state index < -0.39 is 0 Å². The van der Waals surface area contributed by atoms with E-state index in [1.54, 1.807) is 0 Å². The predicted octanol–water partition coefficient (Wildman–Crippen LogP) is 2.85. The summed E-state index contributed by atoms with van der Waals surface area (Å²) >= 11 is 0. The quantitative estimate of drug-likeness (QED) is 0.774. The van der Waals surface area contributed by atoms with E-state index in [2.05, 4.69) is 12.2 Å². The van der Waals surface area contributed by atoms with Gasteiger partial charge in [0.05, 0.1) is 6.10 Å². The molecule has 0 bridgehead atoms. The van der Waals surface area contributed by atoms with Crippen molar-refractivity contribution in [2.24, 2.45) is 5.92 Å². The Kier molecular flexibility index (Phi) is 4.66.